The predicted molar refractivity (Wildman–Crippen MR) is 92.0 cm³/mol. The first-order chi connectivity index (χ1) is 11.5. The summed E-state index contributed by atoms with van der Waals surface area (Å²) in [6, 6.07) is 7.36. The Balaban J connectivity index is 2.03. The normalized spacial score (nSPS) is 16.5. The zero-order valence-electron chi connectivity index (χ0n) is 13.2. The Morgan fingerprint density at radius 1 is 1.21 bits per heavy atom. The van der Waals surface area contributed by atoms with Gasteiger partial charge in [-0.2, -0.15) is 0 Å². The van der Waals surface area contributed by atoms with Gasteiger partial charge in [-0.05, 0) is 29.2 Å². The molecule has 1 aromatic carbocycles. The van der Waals surface area contributed by atoms with Gasteiger partial charge in [0.05, 0.1) is 22.5 Å². The van der Waals surface area contributed by atoms with Crippen molar-refractivity contribution in [3.63, 3.8) is 0 Å². The minimum absolute atomic E-state index is 0.000352. The number of carbonyl (C=O) groups is 2. The van der Waals surface area contributed by atoms with Gasteiger partial charge in [-0.3, -0.25) is 9.59 Å². The summed E-state index contributed by atoms with van der Waals surface area (Å²) in [5, 5.41) is 8.78. The molecule has 0 aliphatic heterocycles. The van der Waals surface area contributed by atoms with Crippen LogP contribution in [0.25, 0.3) is 0 Å². The summed E-state index contributed by atoms with van der Waals surface area (Å²) in [6.45, 7) is 1.50. The van der Waals surface area contributed by atoms with Gasteiger partial charge in [-0.1, -0.05) is 36.4 Å². The number of hydrogen-bond donors (Lipinski definition) is 1. The highest BCUT2D eigenvalue weighted by Gasteiger charge is 2.17. The van der Waals surface area contributed by atoms with E-state index in [-0.39, 0.29) is 24.9 Å². The molecule has 0 fully saturated rings. The topological polar surface area (TPSA) is 80.7 Å². The van der Waals surface area contributed by atoms with E-state index in [1.54, 1.807) is 18.2 Å². The molecular weight excluding hydrogens is 328 g/mol. The van der Waals surface area contributed by atoms with Crippen LogP contribution in [-0.2, 0) is 38.4 Å². The van der Waals surface area contributed by atoms with Crippen LogP contribution in [0.4, 0.5) is 0 Å². The predicted octanol–water partition coefficient (Wildman–Crippen LogP) is 1.92. The van der Waals surface area contributed by atoms with Crippen molar-refractivity contribution in [2.45, 2.75) is 19.8 Å². The van der Waals surface area contributed by atoms with Crippen molar-refractivity contribution in [3.8, 4) is 0 Å². The van der Waals surface area contributed by atoms with Gasteiger partial charge in [0.15, 0.2) is 0 Å². The number of hydrogen-bond acceptors (Lipinski definition) is 4. The fourth-order valence-electron chi connectivity index (χ4n) is 2.42. The van der Waals surface area contributed by atoms with E-state index in [1.165, 1.54) is 6.92 Å². The van der Waals surface area contributed by atoms with Gasteiger partial charge >= 0.3 is 11.9 Å². The molecule has 0 spiro atoms. The number of esters is 1. The Labute approximate surface area is 143 Å². The summed E-state index contributed by atoms with van der Waals surface area (Å²) in [4.78, 5) is 22.2. The second kappa shape index (κ2) is 8.40. The van der Waals surface area contributed by atoms with E-state index in [0.717, 1.165) is 16.7 Å². The maximum atomic E-state index is 11.4. The Kier molecular flexibility index (Phi) is 6.26. The number of aliphatic carboxylic acids is 1. The fourth-order valence-corrected chi connectivity index (χ4v) is 2.91. The number of carboxylic acids is 1. The van der Waals surface area contributed by atoms with E-state index in [2.05, 4.69) is 0 Å². The second-order valence-electron chi connectivity index (χ2n) is 5.54. The Bertz CT molecular complexity index is 739. The van der Waals surface area contributed by atoms with Gasteiger partial charge < -0.3 is 9.84 Å². The lowest BCUT2D eigenvalue weighted by atomic mass is 9.90. The average molecular weight is 346 g/mol. The maximum absolute atomic E-state index is 11.4. The molecule has 1 aliphatic carbocycles. The minimum Gasteiger partial charge on any atom is -0.481 e. The van der Waals surface area contributed by atoms with Gasteiger partial charge in [-0.25, -0.2) is 4.21 Å². The molecule has 0 radical (unpaired) electrons. The van der Waals surface area contributed by atoms with E-state index < -0.39 is 5.97 Å². The van der Waals surface area contributed by atoms with Crippen molar-refractivity contribution in [1.29, 1.82) is 0 Å². The molecule has 0 aromatic heterocycles. The number of carbonyl (C=O) groups excluding carboxylic acids is 1. The second-order valence-corrected chi connectivity index (χ2v) is 6.18. The summed E-state index contributed by atoms with van der Waals surface area (Å²) in [6.07, 6.45) is 6.23. The van der Waals surface area contributed by atoms with Crippen LogP contribution in [0.1, 0.15) is 18.1 Å². The molecular formula is C18H18O5S. The molecule has 2 rings (SSSR count). The maximum Gasteiger partial charge on any atom is 0.307 e. The van der Waals surface area contributed by atoms with Crippen molar-refractivity contribution < 1.29 is 23.6 Å². The highest BCUT2D eigenvalue weighted by atomic mass is 32.1. The van der Waals surface area contributed by atoms with Crippen molar-refractivity contribution in [3.05, 3.63) is 59.2 Å². The molecule has 1 unspecified atom stereocenters. The largest absolute Gasteiger partial charge is 0.481 e. The van der Waals surface area contributed by atoms with Crippen LogP contribution in [0.3, 0.4) is 0 Å². The molecule has 0 amide bonds. The third-order valence-corrected chi connectivity index (χ3v) is 4.22. The highest BCUT2D eigenvalue weighted by Crippen LogP contribution is 2.19. The minimum atomic E-state index is -0.859. The molecule has 6 heteroatoms. The molecule has 0 heterocycles. The van der Waals surface area contributed by atoms with Crippen molar-refractivity contribution in [1.82, 2.24) is 0 Å². The van der Waals surface area contributed by atoms with Crippen molar-refractivity contribution >= 4 is 28.1 Å². The van der Waals surface area contributed by atoms with Crippen molar-refractivity contribution in [2.75, 3.05) is 6.61 Å². The van der Waals surface area contributed by atoms with Gasteiger partial charge in [-0.15, -0.1) is 0 Å². The zero-order valence-corrected chi connectivity index (χ0v) is 14.0. The molecule has 0 bridgehead atoms. The SMILES string of the molecule is CC(=O)OCC1=CC(=S=O)C(Cc2ccc(CC(=O)O)cc2)C=C1. The Hall–Kier alpha value is -2.47. The van der Waals surface area contributed by atoms with Crippen LogP contribution in [-0.4, -0.2) is 32.7 Å². The monoisotopic (exact) mass is 346 g/mol. The van der Waals surface area contributed by atoms with Gasteiger partial charge in [0.25, 0.3) is 0 Å². The molecule has 1 atom stereocenters. The molecule has 5 nitrogen and oxygen atoms in total. The summed E-state index contributed by atoms with van der Waals surface area (Å²) in [5.74, 6) is -1.25. The van der Waals surface area contributed by atoms with E-state index in [4.69, 9.17) is 9.84 Å². The molecule has 126 valence electrons. The number of allylic oxidation sites excluding steroid dienone is 2. The molecule has 0 saturated carbocycles. The van der Waals surface area contributed by atoms with E-state index >= 15 is 0 Å². The molecule has 1 aromatic rings. The first-order valence-electron chi connectivity index (χ1n) is 7.46. The third kappa shape index (κ3) is 5.31. The van der Waals surface area contributed by atoms with Crippen LogP contribution >= 0.6 is 0 Å². The Morgan fingerprint density at radius 3 is 2.46 bits per heavy atom. The zero-order chi connectivity index (χ0) is 17.5. The fraction of sp³-hybridized carbons (Fsp3) is 0.278. The standard InChI is InChI=1S/C18H18O5S/c1-12(19)23-11-15-6-7-16(17(9-15)24-22)8-13-2-4-14(5-3-13)10-18(20)21/h2-7,9,16H,8,10-11H2,1H3,(H,20,21). The van der Waals surface area contributed by atoms with E-state index in [9.17, 15) is 13.8 Å². The van der Waals surface area contributed by atoms with Gasteiger partial charge in [0.2, 0.25) is 0 Å². The van der Waals surface area contributed by atoms with Crippen LogP contribution in [0.5, 0.6) is 0 Å². The number of benzene rings is 1. The van der Waals surface area contributed by atoms with E-state index in [0.29, 0.717) is 22.5 Å². The molecule has 1 N–H and O–H groups in total. The quantitative estimate of drug-likeness (QED) is 0.629. The van der Waals surface area contributed by atoms with Gasteiger partial charge in [0.1, 0.15) is 6.61 Å². The molecule has 1 aliphatic rings. The number of rotatable bonds is 6. The lowest BCUT2D eigenvalue weighted by molar-refractivity contribution is -0.140. The third-order valence-electron chi connectivity index (χ3n) is 3.61. The van der Waals surface area contributed by atoms with E-state index in [1.807, 2.05) is 24.3 Å². The number of ether oxygens (including phenoxy) is 1. The summed E-state index contributed by atoms with van der Waals surface area (Å²) < 4.78 is 16.3. The molecule has 0 saturated heterocycles. The van der Waals surface area contributed by atoms with Crippen LogP contribution < -0.4 is 0 Å². The smallest absolute Gasteiger partial charge is 0.307 e. The van der Waals surface area contributed by atoms with Crippen molar-refractivity contribution in [2.24, 2.45) is 5.92 Å². The first-order valence-corrected chi connectivity index (χ1v) is 8.20. The molecule has 24 heavy (non-hydrogen) atoms. The summed E-state index contributed by atoms with van der Waals surface area (Å²) >= 11 is 0.443. The van der Waals surface area contributed by atoms with Gasteiger partial charge in [0, 0.05) is 12.8 Å². The highest BCUT2D eigenvalue weighted by molar-refractivity contribution is 7.67. The lowest BCUT2D eigenvalue weighted by Gasteiger charge is -2.17. The van der Waals surface area contributed by atoms with Crippen LogP contribution in [0.15, 0.2) is 48.1 Å². The van der Waals surface area contributed by atoms with Crippen LogP contribution in [0, 0.1) is 5.92 Å². The summed E-state index contributed by atoms with van der Waals surface area (Å²) in [7, 11) is 0. The van der Waals surface area contributed by atoms with Crippen LogP contribution in [0.2, 0.25) is 0 Å². The lowest BCUT2D eigenvalue weighted by Crippen LogP contribution is -2.18. The average Bonchev–Trinajstić information content (AvgIpc) is 2.55. The number of carboxylic acid groups (broad SMARTS) is 1. The summed E-state index contributed by atoms with van der Waals surface area (Å²) in [5.41, 5.74) is 2.56. The Morgan fingerprint density at radius 2 is 1.88 bits per heavy atom. The first kappa shape index (κ1) is 17.9.